The highest BCUT2D eigenvalue weighted by Gasteiger charge is 2.26. The standard InChI is InChI=1S/C19H16N4O.C17H14N4O2/c1-12-6-5-9-15-18(12)14(19(24)21-15)11-20-17-10-16(22-23-17)13-7-3-2-4-8-13;1-10-4-2-5-12-16(10)11(17(22)19-12)9-18-15-8-13(20-21-15)14-6-3-7-23-14/h2-11H,1H3,(H,21,24)(H2,20,22,23);2-9H,1H3,(H,19,22)(H2,18,20,21)/b14-11+;11-9+. The van der Waals surface area contributed by atoms with E-state index in [1.54, 1.807) is 18.7 Å². The van der Waals surface area contributed by atoms with E-state index >= 15 is 0 Å². The van der Waals surface area contributed by atoms with Crippen LogP contribution in [0.4, 0.5) is 23.0 Å². The van der Waals surface area contributed by atoms with Crippen LogP contribution < -0.4 is 21.3 Å². The van der Waals surface area contributed by atoms with Gasteiger partial charge in [0.1, 0.15) is 5.69 Å². The molecule has 3 aromatic carbocycles. The molecule has 5 heterocycles. The summed E-state index contributed by atoms with van der Waals surface area (Å²) < 4.78 is 5.31. The first-order valence-corrected chi connectivity index (χ1v) is 14.9. The zero-order chi connectivity index (χ0) is 32.3. The molecule has 0 saturated carbocycles. The van der Waals surface area contributed by atoms with Gasteiger partial charge in [0.25, 0.3) is 11.8 Å². The Labute approximate surface area is 269 Å². The SMILES string of the molecule is Cc1cccc2c1/C(=C\Nc1cc(-c3ccccc3)[nH]n1)C(=O)N2.Cc1cccc2c1/C(=C\Nc1cc(-c3ccco3)[nH]n1)C(=O)N2. The van der Waals surface area contributed by atoms with Gasteiger partial charge in [-0.2, -0.15) is 10.2 Å². The van der Waals surface area contributed by atoms with Crippen LogP contribution in [0, 0.1) is 13.8 Å². The van der Waals surface area contributed by atoms with Gasteiger partial charge in [-0.3, -0.25) is 19.8 Å². The monoisotopic (exact) mass is 622 g/mol. The molecular weight excluding hydrogens is 592 g/mol. The minimum Gasteiger partial charge on any atom is -0.463 e. The zero-order valence-electron chi connectivity index (χ0n) is 25.5. The smallest absolute Gasteiger partial charge is 0.257 e. The van der Waals surface area contributed by atoms with Gasteiger partial charge in [0.2, 0.25) is 0 Å². The van der Waals surface area contributed by atoms with Gasteiger partial charge >= 0.3 is 0 Å². The molecule has 2 aliphatic heterocycles. The summed E-state index contributed by atoms with van der Waals surface area (Å²) in [6.07, 6.45) is 4.99. The van der Waals surface area contributed by atoms with Crippen LogP contribution in [0.25, 0.3) is 33.9 Å². The van der Waals surface area contributed by atoms with Crippen LogP contribution in [0.2, 0.25) is 0 Å². The molecule has 2 aliphatic rings. The van der Waals surface area contributed by atoms with E-state index in [0.29, 0.717) is 28.5 Å². The van der Waals surface area contributed by atoms with E-state index in [0.717, 1.165) is 50.6 Å². The summed E-state index contributed by atoms with van der Waals surface area (Å²) in [6.45, 7) is 3.98. The first-order valence-electron chi connectivity index (χ1n) is 14.9. The molecule has 8 rings (SSSR count). The number of aromatic amines is 2. The summed E-state index contributed by atoms with van der Waals surface area (Å²) in [5, 5.41) is 26.2. The number of rotatable bonds is 6. The first-order chi connectivity index (χ1) is 22.9. The number of furan rings is 1. The molecule has 47 heavy (non-hydrogen) atoms. The molecule has 0 unspecified atom stereocenters. The van der Waals surface area contributed by atoms with Gasteiger partial charge in [0.05, 0.1) is 23.1 Å². The normalized spacial score (nSPS) is 14.7. The molecule has 6 aromatic rings. The number of fused-ring (bicyclic) bond motifs is 2. The van der Waals surface area contributed by atoms with Crippen molar-refractivity contribution >= 4 is 46.0 Å². The number of anilines is 4. The van der Waals surface area contributed by atoms with Crippen LogP contribution >= 0.6 is 0 Å². The summed E-state index contributed by atoms with van der Waals surface area (Å²) >= 11 is 0. The van der Waals surface area contributed by atoms with E-state index in [-0.39, 0.29) is 11.8 Å². The number of benzene rings is 3. The lowest BCUT2D eigenvalue weighted by Gasteiger charge is -2.03. The van der Waals surface area contributed by atoms with Crippen LogP contribution in [0.15, 0.2) is 114 Å². The van der Waals surface area contributed by atoms with E-state index in [2.05, 4.69) is 41.7 Å². The van der Waals surface area contributed by atoms with Crippen molar-refractivity contribution in [3.05, 3.63) is 132 Å². The quantitative estimate of drug-likeness (QED) is 0.108. The summed E-state index contributed by atoms with van der Waals surface area (Å²) in [5.74, 6) is 1.75. The fourth-order valence-electron chi connectivity index (χ4n) is 5.55. The van der Waals surface area contributed by atoms with Crippen molar-refractivity contribution in [2.24, 2.45) is 0 Å². The summed E-state index contributed by atoms with van der Waals surface area (Å²) in [4.78, 5) is 24.3. The molecule has 2 amide bonds. The lowest BCUT2D eigenvalue weighted by atomic mass is 10.0. The highest BCUT2D eigenvalue weighted by atomic mass is 16.3. The third-order valence-electron chi connectivity index (χ3n) is 7.83. The lowest BCUT2D eigenvalue weighted by Crippen LogP contribution is -2.05. The molecule has 232 valence electrons. The number of nitrogens with zero attached hydrogens (tertiary/aromatic N) is 2. The first kappa shape index (κ1) is 29.1. The molecule has 0 bridgehead atoms. The van der Waals surface area contributed by atoms with Gasteiger partial charge in [-0.1, -0.05) is 54.6 Å². The molecular formula is C36H30N8O3. The van der Waals surface area contributed by atoms with E-state index in [1.165, 1.54) is 0 Å². The number of hydrogen-bond donors (Lipinski definition) is 6. The minimum absolute atomic E-state index is 0.106. The molecule has 6 N–H and O–H groups in total. The Bertz CT molecular complexity index is 2160. The number of amides is 2. The highest BCUT2D eigenvalue weighted by molar-refractivity contribution is 6.32. The molecule has 11 nitrogen and oxygen atoms in total. The predicted octanol–water partition coefficient (Wildman–Crippen LogP) is 7.17. The van der Waals surface area contributed by atoms with Crippen molar-refractivity contribution in [1.82, 2.24) is 20.4 Å². The zero-order valence-corrected chi connectivity index (χ0v) is 25.5. The van der Waals surface area contributed by atoms with Crippen molar-refractivity contribution in [3.63, 3.8) is 0 Å². The Balaban J connectivity index is 0.000000150. The lowest BCUT2D eigenvalue weighted by molar-refractivity contribution is -0.111. The van der Waals surface area contributed by atoms with Gasteiger partial charge in [-0.25, -0.2) is 0 Å². The number of H-pyrrole nitrogens is 2. The van der Waals surface area contributed by atoms with Crippen LogP contribution in [0.1, 0.15) is 22.3 Å². The van der Waals surface area contributed by atoms with Gasteiger partial charge < -0.3 is 25.7 Å². The highest BCUT2D eigenvalue weighted by Crippen LogP contribution is 2.35. The average Bonchev–Trinajstić information content (AvgIpc) is 3.91. The molecule has 11 heteroatoms. The Morgan fingerprint density at radius 2 is 1.19 bits per heavy atom. The Morgan fingerprint density at radius 1 is 0.638 bits per heavy atom. The number of aryl methyl sites for hydroxylation is 2. The maximum absolute atomic E-state index is 12.2. The number of hydrogen-bond acceptors (Lipinski definition) is 7. The maximum atomic E-state index is 12.2. The molecule has 0 spiro atoms. The summed E-state index contributed by atoms with van der Waals surface area (Å²) in [6, 6.07) is 29.0. The second-order valence-electron chi connectivity index (χ2n) is 11.0. The van der Waals surface area contributed by atoms with Crippen molar-refractivity contribution in [2.45, 2.75) is 13.8 Å². The van der Waals surface area contributed by atoms with Crippen LogP contribution in [0.5, 0.6) is 0 Å². The van der Waals surface area contributed by atoms with E-state index in [4.69, 9.17) is 4.42 Å². The second kappa shape index (κ2) is 12.4. The number of nitrogens with one attached hydrogen (secondary N) is 6. The van der Waals surface area contributed by atoms with Crippen LogP contribution in [-0.2, 0) is 9.59 Å². The molecule has 0 saturated heterocycles. The Hall–Kier alpha value is -6.62. The van der Waals surface area contributed by atoms with Gasteiger partial charge in [0, 0.05) is 47.0 Å². The maximum Gasteiger partial charge on any atom is 0.257 e. The fraction of sp³-hybridized carbons (Fsp3) is 0.0556. The predicted molar refractivity (Wildman–Crippen MR) is 183 cm³/mol. The third kappa shape index (κ3) is 5.92. The molecule has 0 atom stereocenters. The van der Waals surface area contributed by atoms with E-state index < -0.39 is 0 Å². The fourth-order valence-corrected chi connectivity index (χ4v) is 5.55. The van der Waals surface area contributed by atoms with Crippen LogP contribution in [0.3, 0.4) is 0 Å². The van der Waals surface area contributed by atoms with Gasteiger partial charge in [-0.05, 0) is 54.8 Å². The average molecular weight is 623 g/mol. The van der Waals surface area contributed by atoms with Crippen molar-refractivity contribution in [2.75, 3.05) is 21.3 Å². The second-order valence-corrected chi connectivity index (χ2v) is 11.0. The van der Waals surface area contributed by atoms with Crippen molar-refractivity contribution in [1.29, 1.82) is 0 Å². The van der Waals surface area contributed by atoms with E-state index in [9.17, 15) is 9.59 Å². The van der Waals surface area contributed by atoms with Crippen LogP contribution in [-0.4, -0.2) is 32.2 Å². The summed E-state index contributed by atoms with van der Waals surface area (Å²) in [5.41, 5.74) is 9.62. The topological polar surface area (TPSA) is 153 Å². The number of aromatic nitrogens is 4. The minimum atomic E-state index is -0.122. The Morgan fingerprint density at radius 3 is 1.74 bits per heavy atom. The van der Waals surface area contributed by atoms with Crippen molar-refractivity contribution < 1.29 is 14.0 Å². The molecule has 0 radical (unpaired) electrons. The number of carbonyl (C=O) groups is 2. The largest absolute Gasteiger partial charge is 0.463 e. The van der Waals surface area contributed by atoms with Crippen molar-refractivity contribution in [3.8, 4) is 22.7 Å². The molecule has 3 aromatic heterocycles. The number of carbonyl (C=O) groups excluding carboxylic acids is 2. The molecule has 0 fully saturated rings. The van der Waals surface area contributed by atoms with Gasteiger partial charge in [-0.15, -0.1) is 0 Å². The third-order valence-corrected chi connectivity index (χ3v) is 7.83. The molecule has 0 aliphatic carbocycles. The Kier molecular flexibility index (Phi) is 7.68. The van der Waals surface area contributed by atoms with Gasteiger partial charge in [0.15, 0.2) is 17.4 Å². The summed E-state index contributed by atoms with van der Waals surface area (Å²) in [7, 11) is 0. The van der Waals surface area contributed by atoms with E-state index in [1.807, 2.05) is 105 Å².